The Labute approximate surface area is 103 Å². The normalized spacial score (nSPS) is 35.6. The van der Waals surface area contributed by atoms with Crippen molar-refractivity contribution in [2.45, 2.75) is 50.7 Å². The van der Waals surface area contributed by atoms with E-state index in [1.165, 1.54) is 12.8 Å². The van der Waals surface area contributed by atoms with Crippen LogP contribution in [0.5, 0.6) is 5.75 Å². The molecule has 0 amide bonds. The van der Waals surface area contributed by atoms with E-state index in [-0.39, 0.29) is 11.7 Å². The molecule has 1 spiro atoms. The molecule has 2 heteroatoms. The van der Waals surface area contributed by atoms with Crippen LogP contribution in [-0.4, -0.2) is 10.7 Å². The molecule has 1 aromatic rings. The maximum Gasteiger partial charge on any atom is 0.125 e. The minimum absolute atomic E-state index is 0.0888. The van der Waals surface area contributed by atoms with Crippen molar-refractivity contribution in [2.24, 2.45) is 5.92 Å². The van der Waals surface area contributed by atoms with Crippen molar-refractivity contribution in [3.05, 3.63) is 29.8 Å². The predicted molar refractivity (Wildman–Crippen MR) is 67.0 cm³/mol. The van der Waals surface area contributed by atoms with E-state index in [9.17, 15) is 5.11 Å². The molecule has 1 aliphatic carbocycles. The average molecular weight is 232 g/mol. The minimum atomic E-state index is -0.351. The molecule has 2 aliphatic rings. The van der Waals surface area contributed by atoms with E-state index in [1.54, 1.807) is 0 Å². The van der Waals surface area contributed by atoms with Gasteiger partial charge >= 0.3 is 0 Å². The first-order valence-electron chi connectivity index (χ1n) is 6.68. The number of rotatable bonds is 1. The maximum absolute atomic E-state index is 10.3. The van der Waals surface area contributed by atoms with Crippen molar-refractivity contribution >= 4 is 0 Å². The number of para-hydroxylation sites is 1. The first-order chi connectivity index (χ1) is 8.22. The second kappa shape index (κ2) is 4.02. The summed E-state index contributed by atoms with van der Waals surface area (Å²) in [4.78, 5) is 0. The van der Waals surface area contributed by atoms with Crippen LogP contribution in [0.4, 0.5) is 0 Å². The molecule has 1 aromatic carbocycles. The first-order valence-corrected chi connectivity index (χ1v) is 6.68. The Balaban J connectivity index is 1.89. The van der Waals surface area contributed by atoms with E-state index in [2.05, 4.69) is 6.92 Å². The summed E-state index contributed by atoms with van der Waals surface area (Å²) in [5, 5.41) is 10.3. The summed E-state index contributed by atoms with van der Waals surface area (Å²) in [5.41, 5.74) is 0.868. The second-order valence-corrected chi connectivity index (χ2v) is 5.56. The number of aliphatic hydroxyl groups excluding tert-OH is 1. The fourth-order valence-corrected chi connectivity index (χ4v) is 3.41. The largest absolute Gasteiger partial charge is 0.487 e. The molecule has 1 saturated carbocycles. The van der Waals surface area contributed by atoms with Gasteiger partial charge < -0.3 is 9.84 Å². The van der Waals surface area contributed by atoms with E-state index in [1.807, 2.05) is 24.3 Å². The van der Waals surface area contributed by atoms with Crippen molar-refractivity contribution in [3.8, 4) is 5.75 Å². The van der Waals surface area contributed by atoms with Gasteiger partial charge in [0, 0.05) is 12.0 Å². The minimum Gasteiger partial charge on any atom is -0.487 e. The van der Waals surface area contributed by atoms with Gasteiger partial charge in [-0.05, 0) is 31.2 Å². The molecule has 3 unspecified atom stereocenters. The highest BCUT2D eigenvalue weighted by Gasteiger charge is 2.45. The fraction of sp³-hybridized carbons (Fsp3) is 0.600. The lowest BCUT2D eigenvalue weighted by Gasteiger charge is -2.38. The Hall–Kier alpha value is -1.02. The smallest absolute Gasteiger partial charge is 0.125 e. The molecule has 92 valence electrons. The van der Waals surface area contributed by atoms with Gasteiger partial charge in [-0.15, -0.1) is 0 Å². The van der Waals surface area contributed by atoms with Crippen LogP contribution in [0, 0.1) is 5.92 Å². The quantitative estimate of drug-likeness (QED) is 0.803. The van der Waals surface area contributed by atoms with E-state index >= 15 is 0 Å². The van der Waals surface area contributed by atoms with Crippen LogP contribution in [-0.2, 0) is 0 Å². The molecule has 0 bridgehead atoms. The number of hydrogen-bond donors (Lipinski definition) is 1. The molecule has 1 fully saturated rings. The predicted octanol–water partition coefficient (Wildman–Crippen LogP) is 3.45. The number of ether oxygens (including phenoxy) is 1. The van der Waals surface area contributed by atoms with Gasteiger partial charge in [-0.3, -0.25) is 0 Å². The summed E-state index contributed by atoms with van der Waals surface area (Å²) in [6, 6.07) is 7.90. The maximum atomic E-state index is 10.3. The third kappa shape index (κ3) is 1.85. The van der Waals surface area contributed by atoms with Gasteiger partial charge in [0.15, 0.2) is 0 Å². The highest BCUT2D eigenvalue weighted by Crippen LogP contribution is 2.49. The Morgan fingerprint density at radius 3 is 2.94 bits per heavy atom. The van der Waals surface area contributed by atoms with Crippen LogP contribution >= 0.6 is 0 Å². The van der Waals surface area contributed by atoms with Gasteiger partial charge in [-0.2, -0.15) is 0 Å². The third-order valence-electron chi connectivity index (χ3n) is 4.42. The summed E-state index contributed by atoms with van der Waals surface area (Å²) in [5.74, 6) is 1.66. The lowest BCUT2D eigenvalue weighted by molar-refractivity contribution is -0.0121. The summed E-state index contributed by atoms with van der Waals surface area (Å²) in [6.45, 7) is 2.25. The van der Waals surface area contributed by atoms with Gasteiger partial charge in [0.05, 0.1) is 6.10 Å². The molecular weight excluding hydrogens is 212 g/mol. The van der Waals surface area contributed by atoms with Crippen LogP contribution in [0.15, 0.2) is 24.3 Å². The molecule has 3 rings (SSSR count). The molecule has 0 saturated heterocycles. The first kappa shape index (κ1) is 11.1. The zero-order chi connectivity index (χ0) is 11.9. The Morgan fingerprint density at radius 2 is 2.18 bits per heavy atom. The van der Waals surface area contributed by atoms with Crippen molar-refractivity contribution in [1.29, 1.82) is 0 Å². The van der Waals surface area contributed by atoms with E-state index < -0.39 is 0 Å². The zero-order valence-corrected chi connectivity index (χ0v) is 10.4. The molecule has 0 radical (unpaired) electrons. The Bertz CT molecular complexity index is 415. The molecule has 1 aliphatic heterocycles. The topological polar surface area (TPSA) is 29.5 Å². The summed E-state index contributed by atoms with van der Waals surface area (Å²) < 4.78 is 6.22. The van der Waals surface area contributed by atoms with Gasteiger partial charge in [-0.25, -0.2) is 0 Å². The van der Waals surface area contributed by atoms with E-state index in [0.717, 1.165) is 36.5 Å². The molecule has 1 heterocycles. The van der Waals surface area contributed by atoms with Gasteiger partial charge in [-0.1, -0.05) is 31.5 Å². The zero-order valence-electron chi connectivity index (χ0n) is 10.4. The molecule has 1 N–H and O–H groups in total. The standard InChI is InChI=1S/C15H20O2/c1-2-11-7-8-15(9-11)10-13(16)12-5-3-4-6-14(12)17-15/h3-6,11,13,16H,2,7-10H2,1H3. The molecule has 17 heavy (non-hydrogen) atoms. The van der Waals surface area contributed by atoms with E-state index in [4.69, 9.17) is 4.74 Å². The van der Waals surface area contributed by atoms with Crippen molar-refractivity contribution < 1.29 is 9.84 Å². The highest BCUT2D eigenvalue weighted by atomic mass is 16.5. The second-order valence-electron chi connectivity index (χ2n) is 5.56. The monoisotopic (exact) mass is 232 g/mol. The van der Waals surface area contributed by atoms with Crippen LogP contribution in [0.2, 0.25) is 0 Å². The number of aliphatic hydroxyl groups is 1. The molecular formula is C15H20O2. The number of hydrogen-bond acceptors (Lipinski definition) is 2. The van der Waals surface area contributed by atoms with Gasteiger partial charge in [0.25, 0.3) is 0 Å². The third-order valence-corrected chi connectivity index (χ3v) is 4.42. The number of fused-ring (bicyclic) bond motifs is 1. The molecule has 3 atom stereocenters. The SMILES string of the molecule is CCC1CCC2(C1)CC(O)c1ccccc1O2. The highest BCUT2D eigenvalue weighted by molar-refractivity contribution is 5.38. The van der Waals surface area contributed by atoms with Crippen LogP contribution in [0.25, 0.3) is 0 Å². The summed E-state index contributed by atoms with van der Waals surface area (Å²) in [7, 11) is 0. The summed E-state index contributed by atoms with van der Waals surface area (Å²) in [6.07, 6.45) is 5.08. The Kier molecular flexibility index (Phi) is 2.62. The van der Waals surface area contributed by atoms with Crippen LogP contribution < -0.4 is 4.74 Å². The molecule has 2 nitrogen and oxygen atoms in total. The van der Waals surface area contributed by atoms with E-state index in [0.29, 0.717) is 0 Å². The van der Waals surface area contributed by atoms with Gasteiger partial charge in [0.1, 0.15) is 11.4 Å². The van der Waals surface area contributed by atoms with Crippen molar-refractivity contribution in [1.82, 2.24) is 0 Å². The van der Waals surface area contributed by atoms with Crippen LogP contribution in [0.1, 0.15) is 50.7 Å². The van der Waals surface area contributed by atoms with Crippen molar-refractivity contribution in [3.63, 3.8) is 0 Å². The van der Waals surface area contributed by atoms with Crippen LogP contribution in [0.3, 0.4) is 0 Å². The van der Waals surface area contributed by atoms with Crippen molar-refractivity contribution in [2.75, 3.05) is 0 Å². The molecule has 0 aromatic heterocycles. The fourth-order valence-electron chi connectivity index (χ4n) is 3.41. The lowest BCUT2D eigenvalue weighted by atomic mass is 9.86. The van der Waals surface area contributed by atoms with Gasteiger partial charge in [0.2, 0.25) is 0 Å². The Morgan fingerprint density at radius 1 is 1.35 bits per heavy atom. The summed E-state index contributed by atoms with van der Waals surface area (Å²) >= 11 is 0. The number of benzene rings is 1. The lowest BCUT2D eigenvalue weighted by Crippen LogP contribution is -2.38. The average Bonchev–Trinajstić information content (AvgIpc) is 2.72.